The van der Waals surface area contributed by atoms with Crippen molar-refractivity contribution in [1.82, 2.24) is 9.80 Å². The second-order valence-electron chi connectivity index (χ2n) is 6.89. The molecule has 1 aliphatic heterocycles. The monoisotopic (exact) mass is 413 g/mol. The summed E-state index contributed by atoms with van der Waals surface area (Å²) in [5.74, 6) is 1.18. The van der Waals surface area contributed by atoms with Crippen LogP contribution in [0.15, 0.2) is 42.5 Å². The van der Waals surface area contributed by atoms with Gasteiger partial charge in [-0.1, -0.05) is 30.3 Å². The second-order valence-corrected chi connectivity index (χ2v) is 6.89. The number of benzene rings is 2. The summed E-state index contributed by atoms with van der Waals surface area (Å²) in [6, 6.07) is 13.2. The maximum atomic E-state index is 12.6. The maximum absolute atomic E-state index is 12.6. The first kappa shape index (κ1) is 21.3. The number of rotatable bonds is 9. The third kappa shape index (κ3) is 4.94. The fourth-order valence-electron chi connectivity index (χ4n) is 3.40. The molecule has 2 aromatic rings. The Labute approximate surface area is 176 Å². The number of hydrogen-bond donors (Lipinski definition) is 1. The average Bonchev–Trinajstić information content (AvgIpc) is 3.11. The number of carbonyl (C=O) groups excluding carboxylic acids is 2. The quantitative estimate of drug-likeness (QED) is 0.684. The van der Waals surface area contributed by atoms with E-state index in [9.17, 15) is 9.59 Å². The normalized spacial score (nSPS) is 13.4. The van der Waals surface area contributed by atoms with Gasteiger partial charge in [-0.15, -0.1) is 0 Å². The molecule has 0 saturated carbocycles. The van der Waals surface area contributed by atoms with Gasteiger partial charge in [-0.2, -0.15) is 0 Å². The molecule has 0 radical (unpaired) electrons. The van der Waals surface area contributed by atoms with Crippen LogP contribution in [0.3, 0.4) is 0 Å². The summed E-state index contributed by atoms with van der Waals surface area (Å²) in [4.78, 5) is 28.5. The van der Waals surface area contributed by atoms with Crippen LogP contribution in [0, 0.1) is 0 Å². The Bertz CT molecular complexity index is 863. The van der Waals surface area contributed by atoms with Crippen LogP contribution >= 0.6 is 0 Å². The number of hydrogen-bond acceptors (Lipinski definition) is 5. The topological polar surface area (TPSA) is 80.3 Å². The van der Waals surface area contributed by atoms with Crippen LogP contribution in [0.25, 0.3) is 0 Å². The molecular formula is C22H27N3O5. The Morgan fingerprint density at radius 1 is 0.967 bits per heavy atom. The molecule has 2 aromatic carbocycles. The smallest absolute Gasteiger partial charge is 0.320 e. The largest absolute Gasteiger partial charge is 0.493 e. The van der Waals surface area contributed by atoms with E-state index in [1.807, 2.05) is 30.3 Å². The van der Waals surface area contributed by atoms with Crippen molar-refractivity contribution in [3.05, 3.63) is 48.0 Å². The molecule has 30 heavy (non-hydrogen) atoms. The maximum Gasteiger partial charge on any atom is 0.320 e. The van der Waals surface area contributed by atoms with Crippen molar-refractivity contribution in [1.29, 1.82) is 0 Å². The minimum Gasteiger partial charge on any atom is -0.493 e. The molecule has 1 aliphatic rings. The highest BCUT2D eigenvalue weighted by atomic mass is 16.5. The summed E-state index contributed by atoms with van der Waals surface area (Å²) in [5.41, 5.74) is 1.63. The Balaban J connectivity index is 1.54. The Morgan fingerprint density at radius 3 is 2.20 bits per heavy atom. The highest BCUT2D eigenvalue weighted by molar-refractivity contribution is 5.92. The van der Waals surface area contributed by atoms with Gasteiger partial charge in [-0.3, -0.25) is 4.79 Å². The zero-order valence-corrected chi connectivity index (χ0v) is 17.5. The highest BCUT2D eigenvalue weighted by Gasteiger charge is 2.28. The van der Waals surface area contributed by atoms with E-state index in [0.717, 1.165) is 5.56 Å². The van der Waals surface area contributed by atoms with Crippen LogP contribution < -0.4 is 19.5 Å². The molecule has 1 N–H and O–H groups in total. The Hall–Kier alpha value is -3.42. The van der Waals surface area contributed by atoms with Crippen molar-refractivity contribution in [3.8, 4) is 17.2 Å². The third-order valence-electron chi connectivity index (χ3n) is 4.95. The molecule has 0 unspecified atom stereocenters. The number of urea groups is 1. The molecule has 0 spiro atoms. The van der Waals surface area contributed by atoms with E-state index in [0.29, 0.717) is 49.1 Å². The molecule has 0 aromatic heterocycles. The standard InChI is InChI=1S/C22H27N3O5/c1-28-18-13-17(14-19(29-2)21(18)30-3)23-20(26)9-10-24-11-12-25(22(24)27)15-16-7-5-4-6-8-16/h4-8,13-14H,9-12,15H2,1-3H3,(H,23,26). The van der Waals surface area contributed by atoms with Crippen molar-refractivity contribution in [2.45, 2.75) is 13.0 Å². The van der Waals surface area contributed by atoms with Crippen LogP contribution in [0.2, 0.25) is 0 Å². The van der Waals surface area contributed by atoms with Crippen LogP contribution in [0.1, 0.15) is 12.0 Å². The van der Waals surface area contributed by atoms with Crippen molar-refractivity contribution in [2.24, 2.45) is 0 Å². The van der Waals surface area contributed by atoms with E-state index >= 15 is 0 Å². The first-order chi connectivity index (χ1) is 14.5. The lowest BCUT2D eigenvalue weighted by Gasteiger charge is -2.19. The predicted molar refractivity (Wildman–Crippen MR) is 113 cm³/mol. The SMILES string of the molecule is COc1cc(NC(=O)CCN2CCN(Cc3ccccc3)C2=O)cc(OC)c1OC. The highest BCUT2D eigenvalue weighted by Crippen LogP contribution is 2.39. The van der Waals surface area contributed by atoms with Gasteiger partial charge in [0, 0.05) is 50.4 Å². The molecule has 3 amide bonds. The molecule has 1 heterocycles. The summed E-state index contributed by atoms with van der Waals surface area (Å²) in [5, 5.41) is 2.83. The molecule has 0 atom stereocenters. The fraction of sp³-hybridized carbons (Fsp3) is 0.364. The number of carbonyl (C=O) groups is 2. The van der Waals surface area contributed by atoms with Crippen LogP contribution in [-0.2, 0) is 11.3 Å². The molecule has 1 saturated heterocycles. The number of ether oxygens (including phenoxy) is 3. The fourth-order valence-corrected chi connectivity index (χ4v) is 3.40. The van der Waals surface area contributed by atoms with Crippen molar-refractivity contribution in [3.63, 3.8) is 0 Å². The van der Waals surface area contributed by atoms with Gasteiger partial charge in [0.25, 0.3) is 0 Å². The predicted octanol–water partition coefficient (Wildman–Crippen LogP) is 2.98. The van der Waals surface area contributed by atoms with Gasteiger partial charge in [-0.05, 0) is 5.56 Å². The summed E-state index contributed by atoms with van der Waals surface area (Å²) in [6.07, 6.45) is 0.196. The minimum absolute atomic E-state index is 0.0422. The number of anilines is 1. The number of amides is 3. The lowest BCUT2D eigenvalue weighted by atomic mass is 10.2. The van der Waals surface area contributed by atoms with Gasteiger partial charge < -0.3 is 29.3 Å². The molecule has 0 aliphatic carbocycles. The van der Waals surface area contributed by atoms with Crippen LogP contribution in [0.4, 0.5) is 10.5 Å². The molecule has 1 fully saturated rings. The van der Waals surface area contributed by atoms with E-state index in [4.69, 9.17) is 14.2 Å². The van der Waals surface area contributed by atoms with E-state index in [1.165, 1.54) is 21.3 Å². The zero-order chi connectivity index (χ0) is 21.5. The van der Waals surface area contributed by atoms with Crippen LogP contribution in [0.5, 0.6) is 17.2 Å². The Kier molecular flexibility index (Phi) is 7.00. The molecular weight excluding hydrogens is 386 g/mol. The van der Waals surface area contributed by atoms with Gasteiger partial charge in [0.15, 0.2) is 11.5 Å². The van der Waals surface area contributed by atoms with E-state index < -0.39 is 0 Å². The van der Waals surface area contributed by atoms with Gasteiger partial charge in [0.05, 0.1) is 21.3 Å². The molecule has 160 valence electrons. The van der Waals surface area contributed by atoms with Gasteiger partial charge in [0.2, 0.25) is 11.7 Å². The van der Waals surface area contributed by atoms with Crippen molar-refractivity contribution in [2.75, 3.05) is 46.3 Å². The summed E-state index contributed by atoms with van der Waals surface area (Å²) >= 11 is 0. The van der Waals surface area contributed by atoms with E-state index in [-0.39, 0.29) is 18.4 Å². The summed E-state index contributed by atoms with van der Waals surface area (Å²) < 4.78 is 15.9. The molecule has 8 nitrogen and oxygen atoms in total. The lowest BCUT2D eigenvalue weighted by Crippen LogP contribution is -2.33. The number of nitrogens with one attached hydrogen (secondary N) is 1. The summed E-state index contributed by atoms with van der Waals surface area (Å²) in [7, 11) is 4.55. The zero-order valence-electron chi connectivity index (χ0n) is 17.5. The Morgan fingerprint density at radius 2 is 1.60 bits per heavy atom. The van der Waals surface area contributed by atoms with Crippen molar-refractivity contribution < 1.29 is 23.8 Å². The van der Waals surface area contributed by atoms with E-state index in [1.54, 1.807) is 21.9 Å². The first-order valence-corrected chi connectivity index (χ1v) is 9.73. The van der Waals surface area contributed by atoms with Gasteiger partial charge in [-0.25, -0.2) is 4.79 Å². The lowest BCUT2D eigenvalue weighted by molar-refractivity contribution is -0.116. The van der Waals surface area contributed by atoms with E-state index in [2.05, 4.69) is 5.32 Å². The molecule has 3 rings (SSSR count). The van der Waals surface area contributed by atoms with Gasteiger partial charge >= 0.3 is 6.03 Å². The summed E-state index contributed by atoms with van der Waals surface area (Å²) in [6.45, 7) is 2.21. The number of nitrogens with zero attached hydrogens (tertiary/aromatic N) is 2. The minimum atomic E-state index is -0.196. The first-order valence-electron chi connectivity index (χ1n) is 9.73. The average molecular weight is 413 g/mol. The molecule has 0 bridgehead atoms. The van der Waals surface area contributed by atoms with Crippen molar-refractivity contribution >= 4 is 17.6 Å². The number of methoxy groups -OCH3 is 3. The molecule has 8 heteroatoms. The van der Waals surface area contributed by atoms with Gasteiger partial charge in [0.1, 0.15) is 0 Å². The third-order valence-corrected chi connectivity index (χ3v) is 4.95. The van der Waals surface area contributed by atoms with Crippen LogP contribution in [-0.4, -0.2) is 62.7 Å². The second kappa shape index (κ2) is 9.87.